The van der Waals surface area contributed by atoms with Crippen LogP contribution in [-0.2, 0) is 14.3 Å². The molecule has 6 nitrogen and oxygen atoms in total. The van der Waals surface area contributed by atoms with Crippen molar-refractivity contribution in [3.63, 3.8) is 0 Å². The largest absolute Gasteiger partial charge is 0.466 e. The van der Waals surface area contributed by atoms with Crippen LogP contribution >= 0.6 is 0 Å². The number of esters is 1. The summed E-state index contributed by atoms with van der Waals surface area (Å²) in [5, 5.41) is 23.2. The lowest BCUT2D eigenvalue weighted by molar-refractivity contribution is -0.143. The van der Waals surface area contributed by atoms with Crippen LogP contribution < -0.4 is 5.32 Å². The number of hydrogen-bond acceptors (Lipinski definition) is 5. The number of hydrogen-bond donors (Lipinski definition) is 3. The lowest BCUT2D eigenvalue weighted by Gasteiger charge is -2.20. The van der Waals surface area contributed by atoms with E-state index in [4.69, 9.17) is 4.74 Å². The number of allylic oxidation sites excluding steroid dienone is 3. The van der Waals surface area contributed by atoms with Crippen LogP contribution in [-0.4, -0.2) is 47.4 Å². The number of carbonyl (C=O) groups excluding carboxylic acids is 2. The van der Waals surface area contributed by atoms with Gasteiger partial charge in [-0.25, -0.2) is 0 Å². The summed E-state index contributed by atoms with van der Waals surface area (Å²) in [5.74, 6) is -0.0480. The van der Waals surface area contributed by atoms with Crippen LogP contribution in [0.25, 0.3) is 0 Å². The molecule has 2 unspecified atom stereocenters. The second-order valence-corrected chi connectivity index (χ2v) is 24.6. The number of aliphatic hydroxyl groups excluding tert-OH is 2. The second kappa shape index (κ2) is 67.8. The smallest absolute Gasteiger partial charge is 0.305 e. The number of ether oxygens (including phenoxy) is 1. The molecule has 78 heavy (non-hydrogen) atoms. The number of unbranched alkanes of at least 4 members (excludes halogenated alkanes) is 54. The van der Waals surface area contributed by atoms with E-state index in [0.717, 1.165) is 44.9 Å². The molecule has 3 N–H and O–H groups in total. The van der Waals surface area contributed by atoms with E-state index in [1.165, 1.54) is 327 Å². The van der Waals surface area contributed by atoms with Crippen molar-refractivity contribution in [2.45, 2.75) is 411 Å². The molecule has 462 valence electrons. The van der Waals surface area contributed by atoms with Gasteiger partial charge < -0.3 is 20.3 Å². The highest BCUT2D eigenvalue weighted by atomic mass is 16.5. The van der Waals surface area contributed by atoms with Gasteiger partial charge in [0, 0.05) is 12.8 Å². The lowest BCUT2D eigenvalue weighted by atomic mass is 10.0. The van der Waals surface area contributed by atoms with Gasteiger partial charge in [-0.3, -0.25) is 9.59 Å². The van der Waals surface area contributed by atoms with E-state index in [9.17, 15) is 19.8 Å². The number of nitrogens with one attached hydrogen (secondary N) is 1. The molecule has 0 saturated heterocycles. The maximum Gasteiger partial charge on any atom is 0.305 e. The Labute approximate surface area is 488 Å². The van der Waals surface area contributed by atoms with Crippen molar-refractivity contribution in [3.05, 3.63) is 24.3 Å². The predicted molar refractivity (Wildman–Crippen MR) is 343 cm³/mol. The summed E-state index contributed by atoms with van der Waals surface area (Å²) in [7, 11) is 0. The van der Waals surface area contributed by atoms with Crippen LogP contribution in [0.5, 0.6) is 0 Å². The van der Waals surface area contributed by atoms with E-state index >= 15 is 0 Å². The van der Waals surface area contributed by atoms with Gasteiger partial charge in [0.1, 0.15) is 0 Å². The number of rotatable bonds is 67. The van der Waals surface area contributed by atoms with E-state index in [1.807, 2.05) is 6.08 Å². The first kappa shape index (κ1) is 76.3. The van der Waals surface area contributed by atoms with Crippen molar-refractivity contribution in [2.24, 2.45) is 0 Å². The summed E-state index contributed by atoms with van der Waals surface area (Å²) in [5.41, 5.74) is 0. The summed E-state index contributed by atoms with van der Waals surface area (Å²) >= 11 is 0. The lowest BCUT2D eigenvalue weighted by Crippen LogP contribution is -2.45. The summed E-state index contributed by atoms with van der Waals surface area (Å²) in [6.45, 7) is 4.92. The zero-order chi connectivity index (χ0) is 56.4. The third-order valence-electron chi connectivity index (χ3n) is 16.7. The first-order valence-electron chi connectivity index (χ1n) is 35.6. The molecule has 0 aliphatic rings. The SMILES string of the molecule is CCCCCCC/C=C\CCCCCCCC(=O)OCCCCCCCCCCCCCCCCCCCCCCCCCCCCCCCCCCC(=O)NC(CO)C(O)/C=C/CCCCCCCCCCCCCCC. The second-order valence-electron chi connectivity index (χ2n) is 24.6. The molecular formula is C72H139NO5. The molecule has 6 heteroatoms. The van der Waals surface area contributed by atoms with E-state index in [1.54, 1.807) is 6.08 Å². The van der Waals surface area contributed by atoms with Crippen molar-refractivity contribution in [3.8, 4) is 0 Å². The molecule has 0 heterocycles. The first-order chi connectivity index (χ1) is 38.5. The molecule has 0 aliphatic heterocycles. The van der Waals surface area contributed by atoms with Gasteiger partial charge in [-0.05, 0) is 57.8 Å². The topological polar surface area (TPSA) is 95.9 Å². The van der Waals surface area contributed by atoms with E-state index < -0.39 is 12.1 Å². The van der Waals surface area contributed by atoms with Crippen LogP contribution in [0.1, 0.15) is 399 Å². The Hall–Kier alpha value is -1.66. The predicted octanol–water partition coefficient (Wildman–Crippen LogP) is 22.9. The Morgan fingerprint density at radius 2 is 0.603 bits per heavy atom. The molecular weight excluding hydrogens is 959 g/mol. The van der Waals surface area contributed by atoms with Crippen molar-refractivity contribution in [1.29, 1.82) is 0 Å². The Kier molecular flexibility index (Phi) is 66.4. The molecule has 0 spiro atoms. The van der Waals surface area contributed by atoms with Crippen LogP contribution in [0.3, 0.4) is 0 Å². The summed E-state index contributed by atoms with van der Waals surface area (Å²) in [6, 6.07) is -0.624. The normalized spacial score (nSPS) is 12.6. The highest BCUT2D eigenvalue weighted by molar-refractivity contribution is 5.76. The molecule has 0 saturated carbocycles. The highest BCUT2D eigenvalue weighted by Gasteiger charge is 2.18. The van der Waals surface area contributed by atoms with Gasteiger partial charge in [0.2, 0.25) is 5.91 Å². The zero-order valence-electron chi connectivity index (χ0n) is 52.9. The monoisotopic (exact) mass is 1100 g/mol. The molecule has 0 bridgehead atoms. The Bertz CT molecular complexity index is 1220. The van der Waals surface area contributed by atoms with Crippen molar-refractivity contribution in [2.75, 3.05) is 13.2 Å². The van der Waals surface area contributed by atoms with Gasteiger partial charge in [-0.1, -0.05) is 353 Å². The van der Waals surface area contributed by atoms with E-state index in [-0.39, 0.29) is 18.5 Å². The summed E-state index contributed by atoms with van der Waals surface area (Å²) in [6.07, 6.45) is 85.5. The van der Waals surface area contributed by atoms with Crippen LogP contribution in [0.2, 0.25) is 0 Å². The van der Waals surface area contributed by atoms with Gasteiger partial charge in [0.05, 0.1) is 25.4 Å². The summed E-state index contributed by atoms with van der Waals surface area (Å²) in [4.78, 5) is 24.5. The van der Waals surface area contributed by atoms with Gasteiger partial charge >= 0.3 is 5.97 Å². The minimum atomic E-state index is -0.841. The quantitative estimate of drug-likeness (QED) is 0.0320. The third-order valence-corrected chi connectivity index (χ3v) is 16.7. The van der Waals surface area contributed by atoms with Crippen molar-refractivity contribution < 1.29 is 24.5 Å². The number of aliphatic hydroxyl groups is 2. The first-order valence-corrected chi connectivity index (χ1v) is 35.6. The highest BCUT2D eigenvalue weighted by Crippen LogP contribution is 2.19. The zero-order valence-corrected chi connectivity index (χ0v) is 52.9. The van der Waals surface area contributed by atoms with Gasteiger partial charge in [-0.2, -0.15) is 0 Å². The molecule has 2 atom stereocenters. The fourth-order valence-electron chi connectivity index (χ4n) is 11.3. The van der Waals surface area contributed by atoms with E-state index in [0.29, 0.717) is 19.4 Å². The number of carbonyl (C=O) groups is 2. The maximum absolute atomic E-state index is 12.5. The fraction of sp³-hybridized carbons (Fsp3) is 0.917. The van der Waals surface area contributed by atoms with Crippen LogP contribution in [0.4, 0.5) is 0 Å². The maximum atomic E-state index is 12.5. The van der Waals surface area contributed by atoms with Crippen LogP contribution in [0.15, 0.2) is 24.3 Å². The van der Waals surface area contributed by atoms with Gasteiger partial charge in [0.25, 0.3) is 0 Å². The molecule has 0 aromatic carbocycles. The van der Waals surface area contributed by atoms with Gasteiger partial charge in [0.15, 0.2) is 0 Å². The average Bonchev–Trinajstić information content (AvgIpc) is 3.44. The number of amides is 1. The molecule has 0 rings (SSSR count). The minimum Gasteiger partial charge on any atom is -0.466 e. The molecule has 1 amide bonds. The minimum absolute atomic E-state index is 0.0129. The fourth-order valence-corrected chi connectivity index (χ4v) is 11.3. The average molecular weight is 1100 g/mol. The molecule has 0 radical (unpaired) electrons. The Morgan fingerprint density at radius 3 is 0.910 bits per heavy atom. The third kappa shape index (κ3) is 63.5. The van der Waals surface area contributed by atoms with E-state index in [2.05, 4.69) is 31.3 Å². The van der Waals surface area contributed by atoms with Crippen LogP contribution in [0, 0.1) is 0 Å². The molecule has 0 fully saturated rings. The molecule has 0 aliphatic carbocycles. The molecule has 0 aromatic heterocycles. The molecule has 0 aromatic rings. The van der Waals surface area contributed by atoms with Gasteiger partial charge in [-0.15, -0.1) is 0 Å². The Morgan fingerprint density at radius 1 is 0.346 bits per heavy atom. The van der Waals surface area contributed by atoms with Crippen molar-refractivity contribution >= 4 is 11.9 Å². The summed E-state index contributed by atoms with van der Waals surface area (Å²) < 4.78 is 5.49. The van der Waals surface area contributed by atoms with Crippen molar-refractivity contribution in [1.82, 2.24) is 5.32 Å². The standard InChI is InChI=1S/C72H139NO5/c1-3-5-7-9-11-13-15-17-37-40-44-48-52-56-60-64-70(75)69(68-74)73-71(76)65-61-57-53-49-45-41-38-35-33-31-29-27-25-23-21-19-20-22-24-26-28-30-32-34-36-39-43-47-51-55-59-63-67-78-72(77)66-62-58-54-50-46-42-18-16-14-12-10-8-6-4-2/h16,18,60,64,69-70,74-75H,3-15,17,19-59,61-63,65-68H2,1-2H3,(H,73,76)/b18-16-,64-60+. The Balaban J connectivity index is 3.33.